The van der Waals surface area contributed by atoms with E-state index in [1.807, 2.05) is 23.5 Å². The van der Waals surface area contributed by atoms with Crippen molar-refractivity contribution < 1.29 is 4.74 Å². The first kappa shape index (κ1) is 16.9. The van der Waals surface area contributed by atoms with Gasteiger partial charge in [-0.2, -0.15) is 0 Å². The molecule has 0 aliphatic heterocycles. The van der Waals surface area contributed by atoms with Crippen LogP contribution < -0.4 is 4.74 Å². The van der Waals surface area contributed by atoms with Crippen molar-refractivity contribution in [2.75, 3.05) is 12.4 Å². The van der Waals surface area contributed by atoms with Crippen molar-refractivity contribution in [2.45, 2.75) is 38.1 Å². The van der Waals surface area contributed by atoms with Crippen molar-refractivity contribution in [3.05, 3.63) is 46.6 Å². The van der Waals surface area contributed by atoms with E-state index in [4.69, 9.17) is 4.74 Å². The summed E-state index contributed by atoms with van der Waals surface area (Å²) in [4.78, 5) is 11.8. The molecule has 130 valence electrons. The Hall–Kier alpha value is -1.59. The molecule has 0 amide bonds. The van der Waals surface area contributed by atoms with E-state index >= 15 is 0 Å². The fraction of sp³-hybridized carbons (Fsp3) is 0.400. The number of aryl methyl sites for hydroxylation is 2. The summed E-state index contributed by atoms with van der Waals surface area (Å²) < 4.78 is 5.84. The number of nitrogens with zero attached hydrogens (tertiary/aromatic N) is 2. The van der Waals surface area contributed by atoms with E-state index < -0.39 is 0 Å². The third kappa shape index (κ3) is 3.67. The third-order valence-corrected chi connectivity index (χ3v) is 6.78. The van der Waals surface area contributed by atoms with Gasteiger partial charge in [0.2, 0.25) is 0 Å². The van der Waals surface area contributed by atoms with Crippen molar-refractivity contribution in [1.82, 2.24) is 9.97 Å². The lowest BCUT2D eigenvalue weighted by Crippen LogP contribution is -2.08. The quantitative estimate of drug-likeness (QED) is 0.347. The third-order valence-electron chi connectivity index (χ3n) is 4.67. The van der Waals surface area contributed by atoms with E-state index in [0.29, 0.717) is 6.61 Å². The van der Waals surface area contributed by atoms with Gasteiger partial charge in [-0.05, 0) is 49.8 Å². The molecule has 0 radical (unpaired) electrons. The molecule has 25 heavy (non-hydrogen) atoms. The Kier molecular flexibility index (Phi) is 4.95. The van der Waals surface area contributed by atoms with Gasteiger partial charge in [0, 0.05) is 16.0 Å². The van der Waals surface area contributed by atoms with E-state index in [9.17, 15) is 0 Å². The van der Waals surface area contributed by atoms with Crippen LogP contribution in [0.15, 0.2) is 35.6 Å². The summed E-state index contributed by atoms with van der Waals surface area (Å²) in [5.41, 5.74) is 2.75. The number of fused-ring (bicyclic) bond motifs is 3. The van der Waals surface area contributed by atoms with Gasteiger partial charge in [0.15, 0.2) is 0 Å². The van der Waals surface area contributed by atoms with Crippen LogP contribution in [0.4, 0.5) is 0 Å². The molecule has 0 fully saturated rings. The summed E-state index contributed by atoms with van der Waals surface area (Å²) in [7, 11) is 0. The second kappa shape index (κ2) is 7.34. The Labute approximate surface area is 156 Å². The summed E-state index contributed by atoms with van der Waals surface area (Å²) in [6.45, 7) is 5.11. The predicted octanol–water partition coefficient (Wildman–Crippen LogP) is 5.30. The average molecular weight is 371 g/mol. The molecule has 0 N–H and O–H groups in total. The monoisotopic (exact) mass is 370 g/mol. The van der Waals surface area contributed by atoms with Gasteiger partial charge in [0.05, 0.1) is 6.61 Å². The summed E-state index contributed by atoms with van der Waals surface area (Å²) in [6.07, 6.45) is 5.33. The summed E-state index contributed by atoms with van der Waals surface area (Å²) >= 11 is 3.64. The first-order chi connectivity index (χ1) is 12.2. The van der Waals surface area contributed by atoms with Crippen LogP contribution in [0.1, 0.15) is 29.3 Å². The summed E-state index contributed by atoms with van der Waals surface area (Å²) in [5, 5.41) is 2.42. The van der Waals surface area contributed by atoms with E-state index in [0.717, 1.165) is 33.7 Å². The minimum absolute atomic E-state index is 0.683. The minimum atomic E-state index is 0.683. The number of hydrogen-bond donors (Lipinski definition) is 0. The number of benzene rings is 1. The Morgan fingerprint density at radius 2 is 2.08 bits per heavy atom. The molecule has 2 heterocycles. The number of hydrogen-bond acceptors (Lipinski definition) is 5. The Balaban J connectivity index is 1.45. The van der Waals surface area contributed by atoms with Crippen molar-refractivity contribution in [2.24, 2.45) is 5.92 Å². The van der Waals surface area contributed by atoms with Crippen LogP contribution in [0.25, 0.3) is 10.2 Å². The number of thioether (sulfide) groups is 1. The van der Waals surface area contributed by atoms with Gasteiger partial charge in [-0.3, -0.25) is 0 Å². The molecule has 1 aliphatic rings. The molecule has 2 aromatic heterocycles. The van der Waals surface area contributed by atoms with Crippen molar-refractivity contribution in [3.63, 3.8) is 0 Å². The second-order valence-electron chi connectivity index (χ2n) is 6.72. The van der Waals surface area contributed by atoms with Crippen molar-refractivity contribution in [3.8, 4) is 5.75 Å². The molecule has 1 aromatic carbocycles. The van der Waals surface area contributed by atoms with Gasteiger partial charge in [-0.1, -0.05) is 24.6 Å². The first-order valence-corrected chi connectivity index (χ1v) is 10.6. The maximum absolute atomic E-state index is 5.84. The van der Waals surface area contributed by atoms with Gasteiger partial charge in [-0.25, -0.2) is 9.97 Å². The van der Waals surface area contributed by atoms with E-state index in [1.165, 1.54) is 34.2 Å². The highest BCUT2D eigenvalue weighted by molar-refractivity contribution is 7.99. The highest BCUT2D eigenvalue weighted by atomic mass is 32.2. The van der Waals surface area contributed by atoms with Crippen molar-refractivity contribution in [1.29, 1.82) is 0 Å². The van der Waals surface area contributed by atoms with E-state index in [-0.39, 0.29) is 0 Å². The van der Waals surface area contributed by atoms with Gasteiger partial charge in [-0.15, -0.1) is 23.1 Å². The zero-order chi connectivity index (χ0) is 17.2. The van der Waals surface area contributed by atoms with Gasteiger partial charge in [0.25, 0.3) is 0 Å². The Morgan fingerprint density at radius 1 is 1.24 bits per heavy atom. The van der Waals surface area contributed by atoms with Crippen molar-refractivity contribution >= 4 is 33.3 Å². The first-order valence-electron chi connectivity index (χ1n) is 8.78. The molecule has 1 atom stereocenters. The van der Waals surface area contributed by atoms with Crippen LogP contribution in [0.3, 0.4) is 0 Å². The van der Waals surface area contributed by atoms with Crippen LogP contribution in [0, 0.1) is 12.8 Å². The molecule has 3 nitrogen and oxygen atoms in total. The fourth-order valence-corrected chi connectivity index (χ4v) is 5.55. The van der Waals surface area contributed by atoms with Crippen LogP contribution >= 0.6 is 23.1 Å². The maximum Gasteiger partial charge on any atom is 0.128 e. The summed E-state index contributed by atoms with van der Waals surface area (Å²) in [5.74, 6) is 2.61. The molecular formula is C20H22N2OS2. The maximum atomic E-state index is 5.84. The molecule has 5 heteroatoms. The molecule has 3 aromatic rings. The topological polar surface area (TPSA) is 35.0 Å². The van der Waals surface area contributed by atoms with E-state index in [1.54, 1.807) is 18.1 Å². The zero-order valence-corrected chi connectivity index (χ0v) is 16.3. The van der Waals surface area contributed by atoms with Crippen LogP contribution in [0.2, 0.25) is 0 Å². The summed E-state index contributed by atoms with van der Waals surface area (Å²) in [6, 6.07) is 8.21. The largest absolute Gasteiger partial charge is 0.493 e. The van der Waals surface area contributed by atoms with Gasteiger partial charge >= 0.3 is 0 Å². The SMILES string of the molecule is Cc1ccc(OCCSc2ncnc3sc4c(c23)CCC(C)C4)cc1. The van der Waals surface area contributed by atoms with Crippen LogP contribution in [0.5, 0.6) is 5.75 Å². The minimum Gasteiger partial charge on any atom is -0.493 e. The molecule has 4 rings (SSSR count). The van der Waals surface area contributed by atoms with Crippen LogP contribution in [-0.2, 0) is 12.8 Å². The molecule has 1 aliphatic carbocycles. The molecule has 0 spiro atoms. The Bertz CT molecular complexity index is 873. The molecule has 0 saturated heterocycles. The normalized spacial score (nSPS) is 16.8. The number of thiophene rings is 1. The fourth-order valence-electron chi connectivity index (χ4n) is 3.29. The lowest BCUT2D eigenvalue weighted by atomic mass is 9.89. The van der Waals surface area contributed by atoms with Gasteiger partial charge < -0.3 is 4.74 Å². The lowest BCUT2D eigenvalue weighted by Gasteiger charge is -2.18. The van der Waals surface area contributed by atoms with E-state index in [2.05, 4.69) is 35.9 Å². The second-order valence-corrected chi connectivity index (χ2v) is 8.89. The molecule has 0 bridgehead atoms. The molecule has 1 unspecified atom stereocenters. The number of aromatic nitrogens is 2. The predicted molar refractivity (Wildman–Crippen MR) is 106 cm³/mol. The highest BCUT2D eigenvalue weighted by Gasteiger charge is 2.23. The number of rotatable bonds is 5. The zero-order valence-electron chi connectivity index (χ0n) is 14.6. The standard InChI is InChI=1S/C20H22N2OS2/c1-13-3-6-15(7-4-13)23-9-10-24-19-18-16-8-5-14(2)11-17(16)25-20(18)22-12-21-19/h3-4,6-7,12,14H,5,8-11H2,1-2H3. The number of ether oxygens (including phenoxy) is 1. The van der Waals surface area contributed by atoms with Gasteiger partial charge in [0.1, 0.15) is 21.9 Å². The highest BCUT2D eigenvalue weighted by Crippen LogP contribution is 2.40. The van der Waals surface area contributed by atoms with Crippen LogP contribution in [-0.4, -0.2) is 22.3 Å². The molecule has 0 saturated carbocycles. The molecular weight excluding hydrogens is 348 g/mol. The average Bonchev–Trinajstić information content (AvgIpc) is 2.98. The Morgan fingerprint density at radius 3 is 2.92 bits per heavy atom. The smallest absolute Gasteiger partial charge is 0.128 e. The lowest BCUT2D eigenvalue weighted by molar-refractivity contribution is 0.344.